The van der Waals surface area contributed by atoms with Crippen LogP contribution in [0.25, 0.3) is 0 Å². The van der Waals surface area contributed by atoms with Gasteiger partial charge in [-0.15, -0.1) is 0 Å². The summed E-state index contributed by atoms with van der Waals surface area (Å²) in [4.78, 5) is 10.7. The Hall–Kier alpha value is -1.35. The second-order valence-corrected chi connectivity index (χ2v) is 3.69. The fraction of sp³-hybridized carbons (Fsp3) is 0. The molecule has 1 rings (SSSR count). The summed E-state index contributed by atoms with van der Waals surface area (Å²) in [6.07, 6.45) is 1.19. The van der Waals surface area contributed by atoms with Crippen molar-refractivity contribution in [2.75, 3.05) is 0 Å². The molecule has 62 valence electrons. The molecule has 3 heteroatoms. The zero-order valence-electron chi connectivity index (χ0n) is 6.69. The molecular weight excluding hydrogens is 168 g/mol. The molecule has 0 heterocycles. The third-order valence-electron chi connectivity index (χ3n) is 1.39. The quantitative estimate of drug-likeness (QED) is 0.485. The first-order valence-corrected chi connectivity index (χ1v) is 4.94. The number of benzene rings is 1. The summed E-state index contributed by atoms with van der Waals surface area (Å²) in [5.41, 5.74) is 0. The minimum absolute atomic E-state index is 0.328. The number of carbonyl (C=O) groups is 1. The van der Waals surface area contributed by atoms with Crippen LogP contribution in [0.15, 0.2) is 43.0 Å². The molecule has 0 saturated heterocycles. The fourth-order valence-electron chi connectivity index (χ4n) is 0.788. The minimum atomic E-state index is -0.891. The average Bonchev–Trinajstić information content (AvgIpc) is 2.16. The molecular formula is C9H10O2Si. The van der Waals surface area contributed by atoms with Crippen LogP contribution in [-0.4, -0.2) is 15.7 Å². The van der Waals surface area contributed by atoms with E-state index in [9.17, 15) is 4.79 Å². The zero-order chi connectivity index (χ0) is 8.81. The van der Waals surface area contributed by atoms with Crippen LogP contribution in [0.1, 0.15) is 0 Å². The molecule has 0 aliphatic heterocycles. The number of hydrogen-bond acceptors (Lipinski definition) is 2. The number of rotatable bonds is 3. The van der Waals surface area contributed by atoms with Crippen LogP contribution in [0.5, 0.6) is 0 Å². The first kappa shape index (κ1) is 8.74. The molecule has 2 nitrogen and oxygen atoms in total. The molecule has 0 atom stereocenters. The Kier molecular flexibility index (Phi) is 3.28. The van der Waals surface area contributed by atoms with Gasteiger partial charge in [-0.2, -0.15) is 0 Å². The molecule has 0 N–H and O–H groups in total. The van der Waals surface area contributed by atoms with E-state index in [0.717, 1.165) is 5.19 Å². The van der Waals surface area contributed by atoms with Crippen molar-refractivity contribution in [1.82, 2.24) is 0 Å². The second-order valence-electron chi connectivity index (χ2n) is 2.30. The lowest BCUT2D eigenvalue weighted by Gasteiger charge is -1.99. The van der Waals surface area contributed by atoms with Crippen molar-refractivity contribution in [3.05, 3.63) is 43.0 Å². The summed E-state index contributed by atoms with van der Waals surface area (Å²) in [6.45, 7) is 3.32. The Morgan fingerprint density at radius 1 is 1.42 bits per heavy atom. The standard InChI is InChI=1S/C9H10O2Si/c1-2-9(10)11-12-8-6-4-3-5-7-8/h2-7H,1,12H2. The van der Waals surface area contributed by atoms with E-state index < -0.39 is 9.76 Å². The normalized spacial score (nSPS) is 10.0. The average molecular weight is 178 g/mol. The van der Waals surface area contributed by atoms with E-state index in [1.54, 1.807) is 0 Å². The van der Waals surface area contributed by atoms with E-state index in [-0.39, 0.29) is 5.97 Å². The molecule has 1 aromatic rings. The van der Waals surface area contributed by atoms with Gasteiger partial charge in [-0.3, -0.25) is 0 Å². The van der Waals surface area contributed by atoms with E-state index in [2.05, 4.69) is 6.58 Å². The summed E-state index contributed by atoms with van der Waals surface area (Å²) >= 11 is 0. The van der Waals surface area contributed by atoms with Gasteiger partial charge in [-0.05, 0) is 5.19 Å². The van der Waals surface area contributed by atoms with Gasteiger partial charge < -0.3 is 4.43 Å². The highest BCUT2D eigenvalue weighted by Crippen LogP contribution is 1.83. The molecule has 1 aromatic carbocycles. The van der Waals surface area contributed by atoms with Crippen LogP contribution in [0.4, 0.5) is 0 Å². The summed E-state index contributed by atoms with van der Waals surface area (Å²) in [5, 5.41) is 1.12. The van der Waals surface area contributed by atoms with Crippen LogP contribution in [0.3, 0.4) is 0 Å². The van der Waals surface area contributed by atoms with Gasteiger partial charge in [-0.25, -0.2) is 4.79 Å². The summed E-state index contributed by atoms with van der Waals surface area (Å²) < 4.78 is 4.96. The van der Waals surface area contributed by atoms with Crippen LogP contribution >= 0.6 is 0 Å². The Balaban J connectivity index is 2.43. The van der Waals surface area contributed by atoms with Crippen molar-refractivity contribution in [3.63, 3.8) is 0 Å². The molecule has 12 heavy (non-hydrogen) atoms. The van der Waals surface area contributed by atoms with Crippen molar-refractivity contribution in [2.45, 2.75) is 0 Å². The monoisotopic (exact) mass is 178 g/mol. The Bertz CT molecular complexity index is 269. The largest absolute Gasteiger partial charge is 0.517 e. The zero-order valence-corrected chi connectivity index (χ0v) is 8.11. The van der Waals surface area contributed by atoms with Gasteiger partial charge >= 0.3 is 5.97 Å². The summed E-state index contributed by atoms with van der Waals surface area (Å²) in [5.74, 6) is -0.328. The lowest BCUT2D eigenvalue weighted by molar-refractivity contribution is -0.128. The molecule has 0 aliphatic rings. The van der Waals surface area contributed by atoms with Gasteiger partial charge in [0, 0.05) is 6.08 Å². The molecule has 0 aliphatic carbocycles. The third-order valence-corrected chi connectivity index (χ3v) is 2.62. The van der Waals surface area contributed by atoms with Crippen LogP contribution in [0.2, 0.25) is 0 Å². The van der Waals surface area contributed by atoms with Gasteiger partial charge in [0.15, 0.2) is 0 Å². The SMILES string of the molecule is C=CC(=O)O[SiH2]c1ccccc1. The predicted molar refractivity (Wildman–Crippen MR) is 50.9 cm³/mol. The van der Waals surface area contributed by atoms with Crippen molar-refractivity contribution in [2.24, 2.45) is 0 Å². The number of hydrogen-bond donors (Lipinski definition) is 0. The van der Waals surface area contributed by atoms with E-state index in [1.165, 1.54) is 6.08 Å². The first-order chi connectivity index (χ1) is 5.83. The van der Waals surface area contributed by atoms with Crippen LogP contribution in [-0.2, 0) is 9.22 Å². The van der Waals surface area contributed by atoms with Crippen molar-refractivity contribution < 1.29 is 9.22 Å². The smallest absolute Gasteiger partial charge is 0.316 e. The Morgan fingerprint density at radius 2 is 2.08 bits per heavy atom. The fourth-order valence-corrected chi connectivity index (χ4v) is 1.68. The van der Waals surface area contributed by atoms with Gasteiger partial charge in [0.2, 0.25) is 0 Å². The molecule has 0 amide bonds. The number of carbonyl (C=O) groups excluding carboxylic acids is 1. The molecule has 0 unspecified atom stereocenters. The van der Waals surface area contributed by atoms with Crippen molar-refractivity contribution >= 4 is 20.9 Å². The highest BCUT2D eigenvalue weighted by atomic mass is 28.2. The molecule has 0 bridgehead atoms. The third kappa shape index (κ3) is 2.71. The van der Waals surface area contributed by atoms with Crippen LogP contribution < -0.4 is 5.19 Å². The molecule has 0 saturated carbocycles. The van der Waals surface area contributed by atoms with Crippen molar-refractivity contribution in [3.8, 4) is 0 Å². The Labute approximate surface area is 73.8 Å². The van der Waals surface area contributed by atoms with E-state index in [4.69, 9.17) is 4.43 Å². The highest BCUT2D eigenvalue weighted by molar-refractivity contribution is 6.49. The molecule has 0 spiro atoms. The first-order valence-electron chi connectivity index (χ1n) is 3.66. The van der Waals surface area contributed by atoms with Crippen molar-refractivity contribution in [1.29, 1.82) is 0 Å². The van der Waals surface area contributed by atoms with Gasteiger partial charge in [-0.1, -0.05) is 36.9 Å². The Morgan fingerprint density at radius 3 is 2.67 bits per heavy atom. The van der Waals surface area contributed by atoms with Gasteiger partial charge in [0.25, 0.3) is 9.76 Å². The topological polar surface area (TPSA) is 26.3 Å². The maximum atomic E-state index is 10.7. The molecule has 0 fully saturated rings. The van der Waals surface area contributed by atoms with Gasteiger partial charge in [0.1, 0.15) is 0 Å². The van der Waals surface area contributed by atoms with Gasteiger partial charge in [0.05, 0.1) is 0 Å². The summed E-state index contributed by atoms with van der Waals surface area (Å²) in [6, 6.07) is 9.73. The van der Waals surface area contributed by atoms with E-state index in [0.29, 0.717) is 0 Å². The predicted octanol–water partition coefficient (Wildman–Crippen LogP) is 0.125. The van der Waals surface area contributed by atoms with E-state index >= 15 is 0 Å². The molecule has 0 radical (unpaired) electrons. The lowest BCUT2D eigenvalue weighted by Crippen LogP contribution is -2.19. The summed E-state index contributed by atoms with van der Waals surface area (Å²) in [7, 11) is -0.891. The minimum Gasteiger partial charge on any atom is -0.517 e. The second kappa shape index (κ2) is 4.51. The maximum absolute atomic E-state index is 10.7. The maximum Gasteiger partial charge on any atom is 0.316 e. The highest BCUT2D eigenvalue weighted by Gasteiger charge is 1.96. The lowest BCUT2D eigenvalue weighted by atomic mass is 10.4. The van der Waals surface area contributed by atoms with E-state index in [1.807, 2.05) is 30.3 Å². The van der Waals surface area contributed by atoms with Crippen LogP contribution in [0, 0.1) is 0 Å². The molecule has 0 aromatic heterocycles.